The van der Waals surface area contributed by atoms with Gasteiger partial charge in [0, 0.05) is 16.6 Å². The van der Waals surface area contributed by atoms with E-state index in [2.05, 4.69) is 10.3 Å². The Morgan fingerprint density at radius 3 is 2.41 bits per heavy atom. The standard InChI is InChI=1S/C26H18N2O4/c29-24(16-31-23-11-5-7-17-6-1-2-8-20(17)23)27-19-14-12-18(13-15-19)25-28-22-10-4-3-9-21(22)26(30)32-25/h1-15H,16H2,(H,27,29). The average Bonchev–Trinajstić information content (AvgIpc) is 2.83. The van der Waals surface area contributed by atoms with Gasteiger partial charge in [-0.15, -0.1) is 0 Å². The van der Waals surface area contributed by atoms with E-state index in [4.69, 9.17) is 9.15 Å². The lowest BCUT2D eigenvalue weighted by Crippen LogP contribution is -2.20. The Balaban J connectivity index is 1.27. The summed E-state index contributed by atoms with van der Waals surface area (Å²) < 4.78 is 11.1. The number of hydrogen-bond donors (Lipinski definition) is 1. The van der Waals surface area contributed by atoms with Gasteiger partial charge in [0.2, 0.25) is 5.89 Å². The summed E-state index contributed by atoms with van der Waals surface area (Å²) in [6.45, 7) is -0.114. The van der Waals surface area contributed by atoms with Gasteiger partial charge in [0.15, 0.2) is 6.61 Å². The molecule has 1 heterocycles. The molecule has 1 N–H and O–H groups in total. The number of ether oxygens (including phenoxy) is 1. The van der Waals surface area contributed by atoms with E-state index in [0.29, 0.717) is 27.9 Å². The van der Waals surface area contributed by atoms with Crippen LogP contribution in [0, 0.1) is 0 Å². The van der Waals surface area contributed by atoms with Crippen molar-refractivity contribution in [1.29, 1.82) is 0 Å². The van der Waals surface area contributed by atoms with Crippen molar-refractivity contribution < 1.29 is 13.9 Å². The van der Waals surface area contributed by atoms with Gasteiger partial charge >= 0.3 is 5.63 Å². The van der Waals surface area contributed by atoms with Crippen LogP contribution in [0.3, 0.4) is 0 Å². The van der Waals surface area contributed by atoms with Gasteiger partial charge in [0.25, 0.3) is 5.91 Å². The summed E-state index contributed by atoms with van der Waals surface area (Å²) in [7, 11) is 0. The van der Waals surface area contributed by atoms with Crippen LogP contribution in [0.4, 0.5) is 5.69 Å². The summed E-state index contributed by atoms with van der Waals surface area (Å²) in [5.74, 6) is 0.609. The first-order valence-electron chi connectivity index (χ1n) is 10.1. The van der Waals surface area contributed by atoms with E-state index in [0.717, 1.165) is 10.8 Å². The molecule has 0 aliphatic rings. The van der Waals surface area contributed by atoms with Crippen molar-refractivity contribution in [2.24, 2.45) is 0 Å². The second-order valence-electron chi connectivity index (χ2n) is 7.22. The Morgan fingerprint density at radius 1 is 0.844 bits per heavy atom. The van der Waals surface area contributed by atoms with Gasteiger partial charge in [-0.3, -0.25) is 4.79 Å². The third kappa shape index (κ3) is 3.94. The second-order valence-corrected chi connectivity index (χ2v) is 7.22. The van der Waals surface area contributed by atoms with Crippen molar-refractivity contribution in [3.63, 3.8) is 0 Å². The predicted molar refractivity (Wildman–Crippen MR) is 124 cm³/mol. The van der Waals surface area contributed by atoms with E-state index in [1.807, 2.05) is 48.5 Å². The Hall–Kier alpha value is -4.45. The van der Waals surface area contributed by atoms with Crippen LogP contribution in [0.5, 0.6) is 5.75 Å². The second kappa shape index (κ2) is 8.35. The number of rotatable bonds is 5. The molecular formula is C26H18N2O4. The smallest absolute Gasteiger partial charge is 0.347 e. The number of benzene rings is 4. The Kier molecular flexibility index (Phi) is 5.09. The first-order valence-corrected chi connectivity index (χ1v) is 10.1. The van der Waals surface area contributed by atoms with Crippen LogP contribution in [-0.2, 0) is 4.79 Å². The number of fused-ring (bicyclic) bond motifs is 2. The van der Waals surface area contributed by atoms with Gasteiger partial charge in [-0.05, 0) is 47.9 Å². The van der Waals surface area contributed by atoms with Crippen molar-refractivity contribution in [3.05, 3.63) is 101 Å². The molecule has 32 heavy (non-hydrogen) atoms. The van der Waals surface area contributed by atoms with Gasteiger partial charge < -0.3 is 14.5 Å². The number of hydrogen-bond acceptors (Lipinski definition) is 5. The first kappa shape index (κ1) is 19.5. The minimum atomic E-state index is -0.437. The normalized spacial score (nSPS) is 10.9. The SMILES string of the molecule is O=C(COc1cccc2ccccc12)Nc1ccc(-c2nc3ccccc3c(=O)o2)cc1. The van der Waals surface area contributed by atoms with Crippen molar-refractivity contribution in [3.8, 4) is 17.2 Å². The molecule has 4 aromatic carbocycles. The van der Waals surface area contributed by atoms with Crippen LogP contribution < -0.4 is 15.7 Å². The van der Waals surface area contributed by atoms with Crippen molar-refractivity contribution in [2.75, 3.05) is 11.9 Å². The van der Waals surface area contributed by atoms with E-state index in [-0.39, 0.29) is 18.4 Å². The fourth-order valence-electron chi connectivity index (χ4n) is 3.50. The van der Waals surface area contributed by atoms with Gasteiger partial charge in [-0.1, -0.05) is 48.5 Å². The van der Waals surface area contributed by atoms with Crippen molar-refractivity contribution >= 4 is 33.3 Å². The number of carbonyl (C=O) groups is 1. The Morgan fingerprint density at radius 2 is 1.56 bits per heavy atom. The van der Waals surface area contributed by atoms with Crippen LogP contribution in [0.15, 0.2) is 100 Å². The third-order valence-electron chi connectivity index (χ3n) is 5.06. The molecule has 1 amide bonds. The molecule has 0 saturated carbocycles. The van der Waals surface area contributed by atoms with Crippen molar-refractivity contribution in [2.45, 2.75) is 0 Å². The van der Waals surface area contributed by atoms with Crippen LogP contribution in [-0.4, -0.2) is 17.5 Å². The zero-order valence-corrected chi connectivity index (χ0v) is 16.9. The van der Waals surface area contributed by atoms with Crippen LogP contribution in [0.25, 0.3) is 33.1 Å². The third-order valence-corrected chi connectivity index (χ3v) is 5.06. The van der Waals surface area contributed by atoms with Gasteiger partial charge in [0.1, 0.15) is 5.75 Å². The van der Waals surface area contributed by atoms with Crippen LogP contribution in [0.2, 0.25) is 0 Å². The molecule has 0 aliphatic carbocycles. The maximum Gasteiger partial charge on any atom is 0.347 e. The van der Waals surface area contributed by atoms with Crippen molar-refractivity contribution in [1.82, 2.24) is 4.98 Å². The van der Waals surface area contributed by atoms with E-state index >= 15 is 0 Å². The molecule has 156 valence electrons. The molecule has 6 heteroatoms. The van der Waals surface area contributed by atoms with Gasteiger partial charge in [-0.25, -0.2) is 9.78 Å². The minimum absolute atomic E-state index is 0.114. The zero-order valence-electron chi connectivity index (χ0n) is 16.9. The van der Waals surface area contributed by atoms with Gasteiger partial charge in [-0.2, -0.15) is 0 Å². The molecule has 0 bridgehead atoms. The summed E-state index contributed by atoms with van der Waals surface area (Å²) in [6.07, 6.45) is 0. The largest absolute Gasteiger partial charge is 0.483 e. The molecular weight excluding hydrogens is 404 g/mol. The zero-order chi connectivity index (χ0) is 21.9. The van der Waals surface area contributed by atoms with E-state index in [1.54, 1.807) is 42.5 Å². The van der Waals surface area contributed by atoms with E-state index in [9.17, 15) is 9.59 Å². The Bertz CT molecular complexity index is 1480. The minimum Gasteiger partial charge on any atom is -0.483 e. The number of nitrogens with one attached hydrogen (secondary N) is 1. The maximum absolute atomic E-state index is 12.4. The number of amides is 1. The van der Waals surface area contributed by atoms with Crippen LogP contribution in [0.1, 0.15) is 0 Å². The molecule has 5 rings (SSSR count). The summed E-state index contributed by atoms with van der Waals surface area (Å²) >= 11 is 0. The fraction of sp³-hybridized carbons (Fsp3) is 0.0385. The highest BCUT2D eigenvalue weighted by Crippen LogP contribution is 2.25. The first-order chi connectivity index (χ1) is 15.7. The summed E-state index contributed by atoms with van der Waals surface area (Å²) in [5.41, 5.74) is 1.37. The molecule has 0 radical (unpaired) electrons. The summed E-state index contributed by atoms with van der Waals surface area (Å²) in [5, 5.41) is 5.25. The monoisotopic (exact) mass is 422 g/mol. The highest BCUT2D eigenvalue weighted by Gasteiger charge is 2.10. The molecule has 6 nitrogen and oxygen atoms in total. The predicted octanol–water partition coefficient (Wildman–Crippen LogP) is 5.03. The highest BCUT2D eigenvalue weighted by atomic mass is 16.5. The van der Waals surface area contributed by atoms with E-state index in [1.165, 1.54) is 0 Å². The summed E-state index contributed by atoms with van der Waals surface area (Å²) in [4.78, 5) is 28.9. The lowest BCUT2D eigenvalue weighted by Gasteiger charge is -2.10. The maximum atomic E-state index is 12.4. The van der Waals surface area contributed by atoms with Gasteiger partial charge in [0.05, 0.1) is 10.9 Å². The molecule has 0 atom stereocenters. The molecule has 0 aliphatic heterocycles. The topological polar surface area (TPSA) is 81.4 Å². The average molecular weight is 422 g/mol. The highest BCUT2D eigenvalue weighted by molar-refractivity contribution is 5.93. The number of nitrogens with zero attached hydrogens (tertiary/aromatic N) is 1. The molecule has 0 saturated heterocycles. The lowest BCUT2D eigenvalue weighted by molar-refractivity contribution is -0.118. The number of aromatic nitrogens is 1. The molecule has 1 aromatic heterocycles. The molecule has 0 spiro atoms. The lowest BCUT2D eigenvalue weighted by atomic mass is 10.1. The molecule has 0 unspecified atom stereocenters. The number of carbonyl (C=O) groups excluding carboxylic acids is 1. The molecule has 5 aromatic rings. The molecule has 0 fully saturated rings. The Labute approximate surface area is 183 Å². The summed E-state index contributed by atoms with van der Waals surface area (Å²) in [6, 6.07) is 27.5. The number of anilines is 1. The van der Waals surface area contributed by atoms with Crippen LogP contribution >= 0.6 is 0 Å². The number of para-hydroxylation sites is 1. The van der Waals surface area contributed by atoms with E-state index < -0.39 is 5.63 Å². The quantitative estimate of drug-likeness (QED) is 0.430. The fourth-order valence-corrected chi connectivity index (χ4v) is 3.50.